The largest absolute Gasteiger partial charge is 0.444 e. The first-order valence-electron chi connectivity index (χ1n) is 17.4. The van der Waals surface area contributed by atoms with Crippen LogP contribution in [0.4, 0.5) is 9.59 Å². The van der Waals surface area contributed by atoms with Crippen LogP contribution in [0.1, 0.15) is 90.1 Å². The van der Waals surface area contributed by atoms with Crippen LogP contribution in [0.5, 0.6) is 0 Å². The lowest BCUT2D eigenvalue weighted by Gasteiger charge is -2.32. The normalized spacial score (nSPS) is 19.2. The average molecular weight is 693 g/mol. The summed E-state index contributed by atoms with van der Waals surface area (Å²) >= 11 is 0. The van der Waals surface area contributed by atoms with E-state index in [4.69, 9.17) is 19.2 Å². The van der Waals surface area contributed by atoms with Crippen LogP contribution < -0.4 is 0 Å². The molecule has 2 amide bonds. The number of hydrogen-bond acceptors (Lipinski definition) is 7. The van der Waals surface area contributed by atoms with E-state index in [1.54, 1.807) is 16.0 Å². The van der Waals surface area contributed by atoms with Gasteiger partial charge in [0, 0.05) is 36.2 Å². The van der Waals surface area contributed by atoms with Crippen molar-refractivity contribution in [3.05, 3.63) is 83.6 Å². The Morgan fingerprint density at radius 3 is 2.43 bits per heavy atom. The molecule has 0 bridgehead atoms. The van der Waals surface area contributed by atoms with Crippen molar-refractivity contribution in [2.75, 3.05) is 26.3 Å². The monoisotopic (exact) mass is 692 g/mol. The molecule has 0 radical (unpaired) electrons. The number of aromatic nitrogens is 4. The fourth-order valence-electron chi connectivity index (χ4n) is 6.29. The first kappa shape index (κ1) is 35.7. The molecule has 2 aliphatic rings. The maximum atomic E-state index is 13.2. The topological polar surface area (TPSA) is 126 Å². The van der Waals surface area contributed by atoms with Gasteiger partial charge in [-0.1, -0.05) is 43.0 Å². The highest BCUT2D eigenvalue weighted by atomic mass is 16.6. The molecular formula is C40H48N6O5. The standard InChI is InChI=1S/C40H48N6O5/c1-26-19-33(46(22-26)37(48)51-39(5,6)7)35-41-21-32(44-35)29-14-11-27(12-15-29)9-10-28-13-16-30-31(20-28)43-34(42-30)23-45(36(47)50-38(2,3)4)24-40(8)17-18-49-25-40/h11-16,20-21,33H,1,17-19,22-25H2,2-8H3,(H,41,44)(H,42,43)/t33-,40+/m0/s1. The number of nitrogens with zero attached hydrogens (tertiary/aromatic N) is 4. The van der Waals surface area contributed by atoms with E-state index < -0.39 is 11.2 Å². The van der Waals surface area contributed by atoms with Crippen molar-refractivity contribution in [2.24, 2.45) is 5.41 Å². The van der Waals surface area contributed by atoms with Crippen LogP contribution in [0.3, 0.4) is 0 Å². The number of hydrogen-bond donors (Lipinski definition) is 2. The molecule has 2 aromatic carbocycles. The van der Waals surface area contributed by atoms with E-state index in [2.05, 4.69) is 40.3 Å². The Bertz CT molecular complexity index is 1980. The number of nitrogens with one attached hydrogen (secondary N) is 2. The quantitative estimate of drug-likeness (QED) is 0.156. The number of H-pyrrole nitrogens is 2. The second-order valence-corrected chi connectivity index (χ2v) is 16.0. The van der Waals surface area contributed by atoms with Crippen LogP contribution in [-0.2, 0) is 20.8 Å². The van der Waals surface area contributed by atoms with Gasteiger partial charge in [0.2, 0.25) is 0 Å². The lowest BCUT2D eigenvalue weighted by atomic mass is 9.89. The number of carbonyl (C=O) groups excluding carboxylic acids is 2. The predicted octanol–water partition coefficient (Wildman–Crippen LogP) is 7.75. The third-order valence-corrected chi connectivity index (χ3v) is 8.73. The second-order valence-electron chi connectivity index (χ2n) is 16.0. The van der Waals surface area contributed by atoms with Gasteiger partial charge >= 0.3 is 12.2 Å². The molecule has 0 aliphatic carbocycles. The SMILES string of the molecule is C=C1C[C@@H](c2ncc(-c3ccc(C#Cc4ccc5nc(CN(C[C@@]6(C)CCOC6)C(=O)OC(C)(C)C)[nH]c5c4)cc3)[nH]2)N(C(=O)OC(C)(C)C)C1. The molecule has 2 atom stereocenters. The number of amides is 2. The van der Waals surface area contributed by atoms with Crippen LogP contribution in [-0.4, -0.2) is 79.4 Å². The summed E-state index contributed by atoms with van der Waals surface area (Å²) in [7, 11) is 0. The van der Waals surface area contributed by atoms with Crippen LogP contribution in [0.15, 0.2) is 60.8 Å². The van der Waals surface area contributed by atoms with E-state index >= 15 is 0 Å². The van der Waals surface area contributed by atoms with Crippen molar-refractivity contribution >= 4 is 23.2 Å². The summed E-state index contributed by atoms with van der Waals surface area (Å²) in [4.78, 5) is 45.6. The molecule has 11 nitrogen and oxygen atoms in total. The van der Waals surface area contributed by atoms with Gasteiger partial charge in [-0.3, -0.25) is 4.90 Å². The lowest BCUT2D eigenvalue weighted by molar-refractivity contribution is 0.0131. The van der Waals surface area contributed by atoms with Gasteiger partial charge in [-0.2, -0.15) is 0 Å². The molecule has 2 N–H and O–H groups in total. The molecule has 4 aromatic rings. The van der Waals surface area contributed by atoms with Gasteiger partial charge in [-0.05, 0) is 90.3 Å². The number of likely N-dealkylation sites (tertiary alicyclic amines) is 1. The van der Waals surface area contributed by atoms with E-state index in [1.807, 2.05) is 84.0 Å². The molecule has 0 unspecified atom stereocenters. The van der Waals surface area contributed by atoms with Crippen LogP contribution in [0.2, 0.25) is 0 Å². The first-order valence-corrected chi connectivity index (χ1v) is 17.4. The number of rotatable bonds is 6. The molecule has 4 heterocycles. The maximum absolute atomic E-state index is 13.2. The van der Waals surface area contributed by atoms with Gasteiger partial charge < -0.3 is 29.1 Å². The highest BCUT2D eigenvalue weighted by Crippen LogP contribution is 2.35. The summed E-state index contributed by atoms with van der Waals surface area (Å²) in [6, 6.07) is 13.5. The summed E-state index contributed by atoms with van der Waals surface area (Å²) in [5.74, 6) is 7.90. The van der Waals surface area contributed by atoms with Crippen LogP contribution in [0, 0.1) is 17.3 Å². The van der Waals surface area contributed by atoms with Gasteiger partial charge in [0.25, 0.3) is 0 Å². The van der Waals surface area contributed by atoms with Crippen molar-refractivity contribution in [3.8, 4) is 23.1 Å². The number of ether oxygens (including phenoxy) is 3. The molecule has 0 spiro atoms. The van der Waals surface area contributed by atoms with E-state index in [-0.39, 0.29) is 23.6 Å². The van der Waals surface area contributed by atoms with Crippen LogP contribution in [0.25, 0.3) is 22.3 Å². The Kier molecular flexibility index (Phi) is 9.75. The molecule has 0 saturated carbocycles. The first-order chi connectivity index (χ1) is 24.0. The molecule has 51 heavy (non-hydrogen) atoms. The number of carbonyl (C=O) groups is 2. The van der Waals surface area contributed by atoms with Crippen molar-refractivity contribution in [3.63, 3.8) is 0 Å². The number of fused-ring (bicyclic) bond motifs is 1. The molecular weight excluding hydrogens is 644 g/mol. The fraction of sp³-hybridized carbons (Fsp3) is 0.450. The van der Waals surface area contributed by atoms with E-state index in [9.17, 15) is 9.59 Å². The molecule has 268 valence electrons. The minimum Gasteiger partial charge on any atom is -0.444 e. The Morgan fingerprint density at radius 2 is 1.75 bits per heavy atom. The molecule has 2 saturated heterocycles. The smallest absolute Gasteiger partial charge is 0.411 e. The Balaban J connectivity index is 1.13. The van der Waals surface area contributed by atoms with Crippen molar-refractivity contribution in [1.82, 2.24) is 29.7 Å². The fourth-order valence-corrected chi connectivity index (χ4v) is 6.29. The third-order valence-electron chi connectivity index (χ3n) is 8.73. The zero-order chi connectivity index (χ0) is 36.6. The molecule has 2 aromatic heterocycles. The summed E-state index contributed by atoms with van der Waals surface area (Å²) in [6.45, 7) is 20.0. The number of benzene rings is 2. The van der Waals surface area contributed by atoms with Gasteiger partial charge in [0.05, 0.1) is 42.1 Å². The zero-order valence-electron chi connectivity index (χ0n) is 30.7. The highest BCUT2D eigenvalue weighted by molar-refractivity contribution is 5.77. The molecule has 6 rings (SSSR count). The molecule has 2 aliphatic heterocycles. The second kappa shape index (κ2) is 13.9. The lowest BCUT2D eigenvalue weighted by Crippen LogP contribution is -2.43. The van der Waals surface area contributed by atoms with E-state index in [0.717, 1.165) is 45.4 Å². The van der Waals surface area contributed by atoms with Crippen molar-refractivity contribution < 1.29 is 23.8 Å². The molecule has 11 heteroatoms. The van der Waals surface area contributed by atoms with E-state index in [1.165, 1.54) is 0 Å². The highest BCUT2D eigenvalue weighted by Gasteiger charge is 2.37. The molecule has 2 fully saturated rings. The number of imidazole rings is 2. The van der Waals surface area contributed by atoms with Crippen molar-refractivity contribution in [2.45, 2.75) is 85.1 Å². The van der Waals surface area contributed by atoms with Gasteiger partial charge in [-0.25, -0.2) is 19.6 Å². The van der Waals surface area contributed by atoms with Gasteiger partial charge in [0.15, 0.2) is 0 Å². The van der Waals surface area contributed by atoms with Gasteiger partial charge in [-0.15, -0.1) is 0 Å². The Labute approximate surface area is 299 Å². The number of aromatic amines is 2. The summed E-state index contributed by atoms with van der Waals surface area (Å²) < 4.78 is 17.0. The Hall–Kier alpha value is -5.08. The van der Waals surface area contributed by atoms with Gasteiger partial charge in [0.1, 0.15) is 22.9 Å². The minimum atomic E-state index is -0.606. The third kappa shape index (κ3) is 8.99. The van der Waals surface area contributed by atoms with E-state index in [0.29, 0.717) is 50.9 Å². The maximum Gasteiger partial charge on any atom is 0.411 e. The minimum absolute atomic E-state index is 0.137. The van der Waals surface area contributed by atoms with Crippen molar-refractivity contribution in [1.29, 1.82) is 0 Å². The summed E-state index contributed by atoms with van der Waals surface area (Å²) in [5, 5.41) is 0. The predicted molar refractivity (Wildman–Crippen MR) is 196 cm³/mol. The average Bonchev–Trinajstić information content (AvgIpc) is 3.85. The summed E-state index contributed by atoms with van der Waals surface area (Å²) in [6.07, 6.45) is 2.56. The summed E-state index contributed by atoms with van der Waals surface area (Å²) in [5.41, 5.74) is 4.79. The van der Waals surface area contributed by atoms with Crippen LogP contribution >= 0.6 is 0 Å². The zero-order valence-corrected chi connectivity index (χ0v) is 30.7. The Morgan fingerprint density at radius 1 is 1.04 bits per heavy atom.